The molecule has 3 aromatic rings. The van der Waals surface area contributed by atoms with Crippen LogP contribution in [0.5, 0.6) is 11.5 Å². The molecule has 9 nitrogen and oxygen atoms in total. The number of carbonyl (C=O) groups is 2. The number of anilines is 2. The first-order valence-corrected chi connectivity index (χ1v) is 11.5. The van der Waals surface area contributed by atoms with Crippen LogP contribution in [0.15, 0.2) is 53.7 Å². The monoisotopic (exact) mass is 469 g/mol. The Balaban J connectivity index is 1.56. The van der Waals surface area contributed by atoms with Crippen LogP contribution in [0.4, 0.5) is 11.4 Å². The molecule has 0 aliphatic carbocycles. The summed E-state index contributed by atoms with van der Waals surface area (Å²) in [5.41, 5.74) is 1.28. The van der Waals surface area contributed by atoms with E-state index in [0.717, 1.165) is 5.75 Å². The Bertz CT molecular complexity index is 1080. The minimum Gasteiger partial charge on any atom is -0.495 e. The van der Waals surface area contributed by atoms with Crippen LogP contribution in [0, 0.1) is 0 Å². The van der Waals surface area contributed by atoms with Gasteiger partial charge in [0.1, 0.15) is 17.3 Å². The fourth-order valence-electron chi connectivity index (χ4n) is 3.09. The average molecular weight is 470 g/mol. The number of hydrogen-bond donors (Lipinski definition) is 2. The van der Waals surface area contributed by atoms with Crippen LogP contribution < -0.4 is 20.1 Å². The number of carbonyl (C=O) groups excluding carboxylic acids is 2. The number of amides is 2. The molecule has 3 rings (SSSR count). The molecule has 2 aromatic carbocycles. The van der Waals surface area contributed by atoms with E-state index in [4.69, 9.17) is 9.47 Å². The van der Waals surface area contributed by atoms with Gasteiger partial charge in [-0.05, 0) is 50.2 Å². The Kier molecular flexibility index (Phi) is 8.71. The van der Waals surface area contributed by atoms with Crippen molar-refractivity contribution in [3.05, 3.63) is 54.4 Å². The summed E-state index contributed by atoms with van der Waals surface area (Å²) in [5.74, 6) is 1.63. The summed E-state index contributed by atoms with van der Waals surface area (Å²) in [6, 6.07) is 14.4. The summed E-state index contributed by atoms with van der Waals surface area (Å²) >= 11 is 1.26. The molecule has 2 amide bonds. The SMILES string of the molecule is CCOc1ccc(NC(=O)Cc2nnc(SCC(=O)Nc3ccccc3OC)n2CC)cc1. The smallest absolute Gasteiger partial charge is 0.234 e. The van der Waals surface area contributed by atoms with Gasteiger partial charge in [-0.15, -0.1) is 10.2 Å². The highest BCUT2D eigenvalue weighted by molar-refractivity contribution is 7.99. The zero-order valence-electron chi connectivity index (χ0n) is 18.8. The largest absolute Gasteiger partial charge is 0.495 e. The number of para-hydroxylation sites is 2. The summed E-state index contributed by atoms with van der Waals surface area (Å²) in [5, 5.41) is 14.6. The van der Waals surface area contributed by atoms with Crippen molar-refractivity contribution in [2.45, 2.75) is 32.0 Å². The summed E-state index contributed by atoms with van der Waals surface area (Å²) in [6.45, 7) is 5.02. The number of nitrogens with one attached hydrogen (secondary N) is 2. The van der Waals surface area contributed by atoms with E-state index in [2.05, 4.69) is 20.8 Å². The van der Waals surface area contributed by atoms with Crippen LogP contribution in [0.3, 0.4) is 0 Å². The van der Waals surface area contributed by atoms with E-state index in [1.165, 1.54) is 11.8 Å². The van der Waals surface area contributed by atoms with Gasteiger partial charge in [-0.2, -0.15) is 0 Å². The molecule has 2 N–H and O–H groups in total. The lowest BCUT2D eigenvalue weighted by atomic mass is 10.3. The van der Waals surface area contributed by atoms with E-state index in [0.29, 0.717) is 41.3 Å². The number of hydrogen-bond acceptors (Lipinski definition) is 7. The number of benzene rings is 2. The number of ether oxygens (including phenoxy) is 2. The highest BCUT2D eigenvalue weighted by Gasteiger charge is 2.16. The molecule has 0 bridgehead atoms. The molecular weight excluding hydrogens is 442 g/mol. The first-order chi connectivity index (χ1) is 16.0. The standard InChI is InChI=1S/C23H27N5O4S/c1-4-28-20(14-21(29)24-16-10-12-17(13-11-16)32-5-2)26-27-23(28)33-15-22(30)25-18-8-6-7-9-19(18)31-3/h6-13H,4-5,14-15H2,1-3H3,(H,24,29)(H,25,30). The topological polar surface area (TPSA) is 107 Å². The van der Waals surface area contributed by atoms with Crippen molar-refractivity contribution in [3.8, 4) is 11.5 Å². The fraction of sp³-hybridized carbons (Fsp3) is 0.304. The lowest BCUT2D eigenvalue weighted by Crippen LogP contribution is -2.18. The molecule has 1 heterocycles. The molecule has 1 aromatic heterocycles. The molecule has 174 valence electrons. The van der Waals surface area contributed by atoms with Gasteiger partial charge in [-0.3, -0.25) is 9.59 Å². The highest BCUT2D eigenvalue weighted by atomic mass is 32.2. The van der Waals surface area contributed by atoms with Gasteiger partial charge in [0.2, 0.25) is 11.8 Å². The normalized spacial score (nSPS) is 10.5. The van der Waals surface area contributed by atoms with E-state index in [9.17, 15) is 9.59 Å². The van der Waals surface area contributed by atoms with E-state index in [-0.39, 0.29) is 24.0 Å². The zero-order valence-corrected chi connectivity index (χ0v) is 19.6. The Morgan fingerprint density at radius 1 is 1.00 bits per heavy atom. The Hall–Kier alpha value is -3.53. The molecule has 10 heteroatoms. The molecule has 0 radical (unpaired) electrons. The maximum Gasteiger partial charge on any atom is 0.234 e. The second-order valence-corrected chi connectivity index (χ2v) is 7.81. The lowest BCUT2D eigenvalue weighted by Gasteiger charge is -2.10. The van der Waals surface area contributed by atoms with Gasteiger partial charge < -0.3 is 24.7 Å². The first kappa shape index (κ1) is 24.1. The van der Waals surface area contributed by atoms with Crippen molar-refractivity contribution < 1.29 is 19.1 Å². The Morgan fingerprint density at radius 3 is 2.45 bits per heavy atom. The minimum atomic E-state index is -0.202. The molecule has 33 heavy (non-hydrogen) atoms. The maximum absolute atomic E-state index is 12.5. The summed E-state index contributed by atoms with van der Waals surface area (Å²) < 4.78 is 12.5. The van der Waals surface area contributed by atoms with Gasteiger partial charge in [0.05, 0.1) is 31.6 Å². The van der Waals surface area contributed by atoms with Crippen molar-refractivity contribution in [2.75, 3.05) is 30.1 Å². The predicted molar refractivity (Wildman–Crippen MR) is 128 cm³/mol. The summed E-state index contributed by atoms with van der Waals surface area (Å²) in [7, 11) is 1.55. The summed E-state index contributed by atoms with van der Waals surface area (Å²) in [6.07, 6.45) is 0.0715. The number of thioether (sulfide) groups is 1. The number of aromatic nitrogens is 3. The van der Waals surface area contributed by atoms with E-state index in [1.807, 2.05) is 30.5 Å². The van der Waals surface area contributed by atoms with E-state index >= 15 is 0 Å². The van der Waals surface area contributed by atoms with Crippen LogP contribution in [0.25, 0.3) is 0 Å². The van der Waals surface area contributed by atoms with Crippen molar-refractivity contribution in [1.82, 2.24) is 14.8 Å². The number of methoxy groups -OCH3 is 1. The molecular formula is C23H27N5O4S. The van der Waals surface area contributed by atoms with Gasteiger partial charge in [-0.25, -0.2) is 0 Å². The van der Waals surface area contributed by atoms with E-state index in [1.54, 1.807) is 43.5 Å². The number of nitrogens with zero attached hydrogens (tertiary/aromatic N) is 3. The summed E-state index contributed by atoms with van der Waals surface area (Å²) in [4.78, 5) is 24.9. The van der Waals surface area contributed by atoms with Gasteiger partial charge in [-0.1, -0.05) is 23.9 Å². The van der Waals surface area contributed by atoms with Crippen LogP contribution in [-0.2, 0) is 22.6 Å². The molecule has 0 aliphatic rings. The van der Waals surface area contributed by atoms with Crippen LogP contribution >= 0.6 is 11.8 Å². The number of rotatable bonds is 11. The van der Waals surface area contributed by atoms with Gasteiger partial charge >= 0.3 is 0 Å². The highest BCUT2D eigenvalue weighted by Crippen LogP contribution is 2.24. The average Bonchev–Trinajstić information content (AvgIpc) is 3.20. The van der Waals surface area contributed by atoms with Crippen LogP contribution in [0.1, 0.15) is 19.7 Å². The Labute approximate surface area is 196 Å². The fourth-order valence-corrected chi connectivity index (χ4v) is 3.91. The van der Waals surface area contributed by atoms with Gasteiger partial charge in [0.25, 0.3) is 0 Å². The molecule has 0 spiro atoms. The molecule has 0 atom stereocenters. The first-order valence-electron chi connectivity index (χ1n) is 10.5. The van der Waals surface area contributed by atoms with Gasteiger partial charge in [0, 0.05) is 12.2 Å². The second kappa shape index (κ2) is 11.9. The molecule has 0 unspecified atom stereocenters. The third kappa shape index (κ3) is 6.72. The maximum atomic E-state index is 12.5. The van der Waals surface area contributed by atoms with Crippen LogP contribution in [0.2, 0.25) is 0 Å². The predicted octanol–water partition coefficient (Wildman–Crippen LogP) is 3.62. The third-order valence-corrected chi connectivity index (χ3v) is 5.56. The van der Waals surface area contributed by atoms with Crippen molar-refractivity contribution in [3.63, 3.8) is 0 Å². The minimum absolute atomic E-state index is 0.0715. The molecule has 0 saturated heterocycles. The molecule has 0 aliphatic heterocycles. The van der Waals surface area contributed by atoms with Gasteiger partial charge in [0.15, 0.2) is 5.16 Å². The van der Waals surface area contributed by atoms with Crippen molar-refractivity contribution in [1.29, 1.82) is 0 Å². The van der Waals surface area contributed by atoms with Crippen molar-refractivity contribution >= 4 is 35.0 Å². The Morgan fingerprint density at radius 2 is 1.76 bits per heavy atom. The van der Waals surface area contributed by atoms with Crippen LogP contribution in [-0.4, -0.2) is 46.0 Å². The third-order valence-electron chi connectivity index (χ3n) is 4.59. The van der Waals surface area contributed by atoms with E-state index < -0.39 is 0 Å². The van der Waals surface area contributed by atoms with Crippen molar-refractivity contribution in [2.24, 2.45) is 0 Å². The lowest BCUT2D eigenvalue weighted by molar-refractivity contribution is -0.116. The quantitative estimate of drug-likeness (QED) is 0.413. The zero-order chi connectivity index (χ0) is 23.6. The second-order valence-electron chi connectivity index (χ2n) is 6.86. The molecule has 0 fully saturated rings. The molecule has 0 saturated carbocycles.